The molecule has 0 radical (unpaired) electrons. The highest BCUT2D eigenvalue weighted by Gasteiger charge is 2.07. The molecule has 0 atom stereocenters. The van der Waals surface area contributed by atoms with Crippen LogP contribution in [0.15, 0.2) is 72.9 Å². The minimum absolute atomic E-state index is 0.588. The molecule has 0 bridgehead atoms. The molecule has 1 N–H and O–H groups in total. The Bertz CT molecular complexity index is 1160. The third kappa shape index (κ3) is 4.53. The maximum Gasteiger partial charge on any atom is 0.130 e. The number of methoxy groups -OCH3 is 1. The lowest BCUT2D eigenvalue weighted by atomic mass is 10.0. The number of nitrogens with zero attached hydrogens (tertiary/aromatic N) is 1. The number of benzene rings is 3. The van der Waals surface area contributed by atoms with E-state index in [0.717, 1.165) is 39.5 Å². The molecule has 0 unspecified atom stereocenters. The fourth-order valence-corrected chi connectivity index (χ4v) is 3.54. The van der Waals surface area contributed by atoms with Gasteiger partial charge in [0.05, 0.1) is 24.0 Å². The molecule has 0 aliphatic rings. The minimum Gasteiger partial charge on any atom is -0.497 e. The zero-order valence-electron chi connectivity index (χ0n) is 15.7. The Kier molecular flexibility index (Phi) is 5.70. The summed E-state index contributed by atoms with van der Waals surface area (Å²) in [4.78, 5) is 7.68. The second kappa shape index (κ2) is 8.56. The van der Waals surface area contributed by atoms with Crippen LogP contribution in [-0.4, -0.2) is 17.1 Å². The van der Waals surface area contributed by atoms with Crippen molar-refractivity contribution in [1.29, 1.82) is 0 Å². The van der Waals surface area contributed by atoms with E-state index in [1.807, 2.05) is 42.5 Å². The summed E-state index contributed by atoms with van der Waals surface area (Å²) < 4.78 is 5.30. The summed E-state index contributed by atoms with van der Waals surface area (Å²) in [6.45, 7) is 0. The zero-order valence-corrected chi connectivity index (χ0v) is 17.2. The van der Waals surface area contributed by atoms with Gasteiger partial charge in [-0.3, -0.25) is 0 Å². The summed E-state index contributed by atoms with van der Waals surface area (Å²) in [6.07, 6.45) is 5.72. The second-order valence-electron chi connectivity index (χ2n) is 6.49. The fraction of sp³-hybridized carbons (Fsp3) is 0.0417. The smallest absolute Gasteiger partial charge is 0.130 e. The van der Waals surface area contributed by atoms with E-state index >= 15 is 0 Å². The van der Waals surface area contributed by atoms with E-state index in [2.05, 4.69) is 40.3 Å². The predicted octanol–water partition coefficient (Wildman–Crippen LogP) is 7.23. The number of H-pyrrole nitrogens is 1. The first-order valence-corrected chi connectivity index (χ1v) is 9.81. The molecule has 4 rings (SSSR count). The van der Waals surface area contributed by atoms with Gasteiger partial charge >= 0.3 is 0 Å². The summed E-state index contributed by atoms with van der Waals surface area (Å²) in [7, 11) is 1.67. The van der Waals surface area contributed by atoms with E-state index in [1.54, 1.807) is 19.4 Å². The fourth-order valence-electron chi connectivity index (χ4n) is 3.03. The third-order valence-corrected chi connectivity index (χ3v) is 5.11. The number of halogens is 2. The maximum absolute atomic E-state index is 6.27. The van der Waals surface area contributed by atoms with E-state index in [0.29, 0.717) is 10.0 Å². The average Bonchev–Trinajstić information content (AvgIpc) is 3.21. The van der Waals surface area contributed by atoms with Crippen molar-refractivity contribution in [2.45, 2.75) is 0 Å². The van der Waals surface area contributed by atoms with Crippen LogP contribution in [0, 0.1) is 0 Å². The van der Waals surface area contributed by atoms with Crippen molar-refractivity contribution in [3.05, 3.63) is 94.4 Å². The van der Waals surface area contributed by atoms with Crippen LogP contribution >= 0.6 is 23.2 Å². The summed E-state index contributed by atoms with van der Waals surface area (Å²) in [5, 5.41) is 1.19. The Hall–Kier alpha value is -3.01. The molecule has 1 aromatic heterocycles. The number of imidazole rings is 1. The van der Waals surface area contributed by atoms with E-state index in [-0.39, 0.29) is 0 Å². The lowest BCUT2D eigenvalue weighted by Crippen LogP contribution is -1.84. The number of hydrogen-bond acceptors (Lipinski definition) is 2. The van der Waals surface area contributed by atoms with Gasteiger partial charge in [-0.25, -0.2) is 4.98 Å². The standard InChI is InChI=1S/C24H18Cl2N2O/c1-29-20-4-2-3-18(13-20)17-8-5-16(6-9-17)7-12-24-27-15-23(28-24)21-11-10-19(25)14-22(21)26/h2-15H,1H3,(H,27,28). The van der Waals surface area contributed by atoms with Crippen molar-refractivity contribution in [2.75, 3.05) is 7.11 Å². The molecule has 4 aromatic rings. The number of hydrogen-bond donors (Lipinski definition) is 1. The lowest BCUT2D eigenvalue weighted by Gasteiger charge is -2.05. The molecule has 0 aliphatic heterocycles. The molecule has 0 saturated heterocycles. The molecule has 0 amide bonds. The van der Waals surface area contributed by atoms with Crippen LogP contribution in [0.4, 0.5) is 0 Å². The highest BCUT2D eigenvalue weighted by molar-refractivity contribution is 6.36. The monoisotopic (exact) mass is 420 g/mol. The first-order chi connectivity index (χ1) is 14.1. The number of ether oxygens (including phenoxy) is 1. The molecular formula is C24H18Cl2N2O. The normalized spacial score (nSPS) is 11.1. The number of rotatable bonds is 5. The summed E-state index contributed by atoms with van der Waals surface area (Å²) in [6, 6.07) is 21.8. The van der Waals surface area contributed by atoms with Crippen LogP contribution in [0.3, 0.4) is 0 Å². The Morgan fingerprint density at radius 2 is 1.72 bits per heavy atom. The first-order valence-electron chi connectivity index (χ1n) is 9.05. The molecule has 0 saturated carbocycles. The molecule has 0 spiro atoms. The highest BCUT2D eigenvalue weighted by Crippen LogP contribution is 2.29. The Morgan fingerprint density at radius 1 is 0.897 bits per heavy atom. The van der Waals surface area contributed by atoms with Crippen LogP contribution in [0.1, 0.15) is 11.4 Å². The topological polar surface area (TPSA) is 37.9 Å². The summed E-state index contributed by atoms with van der Waals surface area (Å²) >= 11 is 12.2. The second-order valence-corrected chi connectivity index (χ2v) is 7.34. The van der Waals surface area contributed by atoms with Crippen molar-refractivity contribution in [2.24, 2.45) is 0 Å². The van der Waals surface area contributed by atoms with Crippen LogP contribution < -0.4 is 4.74 Å². The van der Waals surface area contributed by atoms with Crippen molar-refractivity contribution < 1.29 is 4.74 Å². The van der Waals surface area contributed by atoms with Crippen molar-refractivity contribution >= 4 is 35.4 Å². The van der Waals surface area contributed by atoms with Crippen LogP contribution in [0.2, 0.25) is 10.0 Å². The molecule has 3 aromatic carbocycles. The lowest BCUT2D eigenvalue weighted by molar-refractivity contribution is 0.415. The largest absolute Gasteiger partial charge is 0.497 e. The molecular weight excluding hydrogens is 403 g/mol. The van der Waals surface area contributed by atoms with Crippen molar-refractivity contribution in [3.8, 4) is 28.1 Å². The summed E-state index contributed by atoms with van der Waals surface area (Å²) in [5.41, 5.74) is 5.05. The molecule has 5 heteroatoms. The van der Waals surface area contributed by atoms with Crippen LogP contribution in [0.5, 0.6) is 5.75 Å². The van der Waals surface area contributed by atoms with Gasteiger partial charge in [-0.1, -0.05) is 65.7 Å². The minimum atomic E-state index is 0.588. The average molecular weight is 421 g/mol. The van der Waals surface area contributed by atoms with E-state index in [9.17, 15) is 0 Å². The van der Waals surface area contributed by atoms with Crippen molar-refractivity contribution in [1.82, 2.24) is 9.97 Å². The maximum atomic E-state index is 6.27. The zero-order chi connectivity index (χ0) is 20.2. The van der Waals surface area contributed by atoms with Gasteiger partial charge in [0.15, 0.2) is 0 Å². The first kappa shape index (κ1) is 19.3. The van der Waals surface area contributed by atoms with Crippen LogP contribution in [-0.2, 0) is 0 Å². The number of nitrogens with one attached hydrogen (secondary N) is 1. The third-order valence-electron chi connectivity index (χ3n) is 4.56. The van der Waals surface area contributed by atoms with Gasteiger partial charge in [0.1, 0.15) is 11.6 Å². The quantitative estimate of drug-likeness (QED) is 0.369. The Balaban J connectivity index is 1.50. The Labute approximate surface area is 179 Å². The van der Waals surface area contributed by atoms with Crippen LogP contribution in [0.25, 0.3) is 34.5 Å². The van der Waals surface area contributed by atoms with Gasteiger partial charge in [0.2, 0.25) is 0 Å². The van der Waals surface area contributed by atoms with E-state index in [1.165, 1.54) is 0 Å². The SMILES string of the molecule is COc1cccc(-c2ccc(C=Cc3ncc(-c4ccc(Cl)cc4Cl)[nH]3)cc2)c1. The van der Waals surface area contributed by atoms with Gasteiger partial charge < -0.3 is 9.72 Å². The van der Waals surface area contributed by atoms with Crippen molar-refractivity contribution in [3.63, 3.8) is 0 Å². The van der Waals surface area contributed by atoms with Gasteiger partial charge in [-0.05, 0) is 53.1 Å². The molecule has 1 heterocycles. The molecule has 29 heavy (non-hydrogen) atoms. The molecule has 0 fully saturated rings. The van der Waals surface area contributed by atoms with Gasteiger partial charge in [0, 0.05) is 10.6 Å². The molecule has 3 nitrogen and oxygen atoms in total. The molecule has 144 valence electrons. The van der Waals surface area contributed by atoms with Gasteiger partial charge in [-0.15, -0.1) is 0 Å². The Morgan fingerprint density at radius 3 is 2.48 bits per heavy atom. The van der Waals surface area contributed by atoms with Gasteiger partial charge in [0.25, 0.3) is 0 Å². The van der Waals surface area contributed by atoms with E-state index in [4.69, 9.17) is 27.9 Å². The number of aromatic amines is 1. The number of aromatic nitrogens is 2. The summed E-state index contributed by atoms with van der Waals surface area (Å²) in [5.74, 6) is 1.60. The van der Waals surface area contributed by atoms with E-state index < -0.39 is 0 Å². The predicted molar refractivity (Wildman–Crippen MR) is 121 cm³/mol. The van der Waals surface area contributed by atoms with Gasteiger partial charge in [-0.2, -0.15) is 0 Å². The highest BCUT2D eigenvalue weighted by atomic mass is 35.5. The molecule has 0 aliphatic carbocycles.